The van der Waals surface area contributed by atoms with Crippen molar-refractivity contribution in [1.29, 1.82) is 0 Å². The second kappa shape index (κ2) is 9.70. The molecule has 6 aliphatic rings. The molecule has 0 spiro atoms. The first-order valence-electron chi connectivity index (χ1n) is 14.8. The SMILES string of the molecule is O=C=C1CCCC2C1N1CCC[C@H]1c1ncc([nH]1)-c1ccc(cc1)-c1ccc(cc1)-c1cnc([nH]1)[C@@H]1CCCN21. The Hall–Kier alpha value is -3.77. The molecule has 8 bridgehead atoms. The Labute approximate surface area is 234 Å². The molecule has 2 aromatic heterocycles. The van der Waals surface area contributed by atoms with Gasteiger partial charge in [-0.15, -0.1) is 0 Å². The molecule has 2 aromatic carbocycles. The van der Waals surface area contributed by atoms with Crippen LogP contribution in [0.4, 0.5) is 0 Å². The fraction of sp³-hybridized carbons (Fsp3) is 0.394. The normalized spacial score (nSPS) is 26.4. The van der Waals surface area contributed by atoms with Crippen LogP contribution in [-0.2, 0) is 4.79 Å². The lowest BCUT2D eigenvalue weighted by Gasteiger charge is -2.46. The van der Waals surface area contributed by atoms with E-state index in [4.69, 9.17) is 9.97 Å². The summed E-state index contributed by atoms with van der Waals surface area (Å²) in [6.45, 7) is 2.00. The van der Waals surface area contributed by atoms with E-state index >= 15 is 0 Å². The molecule has 5 aliphatic heterocycles. The Morgan fingerprint density at radius 1 is 0.675 bits per heavy atom. The third kappa shape index (κ3) is 3.92. The largest absolute Gasteiger partial charge is 0.341 e. The number of aromatic amines is 2. The molecular weight excluding hydrogens is 496 g/mol. The zero-order valence-corrected chi connectivity index (χ0v) is 22.6. The monoisotopic (exact) mass is 530 g/mol. The number of nitrogens with one attached hydrogen (secondary N) is 2. The molecule has 4 atom stereocenters. The Morgan fingerprint density at radius 2 is 1.20 bits per heavy atom. The summed E-state index contributed by atoms with van der Waals surface area (Å²) >= 11 is 0. The number of rotatable bonds is 0. The van der Waals surface area contributed by atoms with Crippen molar-refractivity contribution in [3.05, 3.63) is 78.1 Å². The first kappa shape index (κ1) is 24.1. The summed E-state index contributed by atoms with van der Waals surface area (Å²) < 4.78 is 0. The summed E-state index contributed by atoms with van der Waals surface area (Å²) in [4.78, 5) is 34.8. The van der Waals surface area contributed by atoms with Gasteiger partial charge in [0.15, 0.2) is 0 Å². The van der Waals surface area contributed by atoms with Gasteiger partial charge in [0.1, 0.15) is 17.6 Å². The highest BCUT2D eigenvalue weighted by Crippen LogP contribution is 2.44. The van der Waals surface area contributed by atoms with Gasteiger partial charge in [-0.2, -0.15) is 0 Å². The van der Waals surface area contributed by atoms with Gasteiger partial charge in [0, 0.05) is 11.6 Å². The number of nitrogens with zero attached hydrogens (tertiary/aromatic N) is 4. The quantitative estimate of drug-likeness (QED) is 0.269. The molecule has 7 heteroatoms. The first-order chi connectivity index (χ1) is 19.8. The van der Waals surface area contributed by atoms with Crippen LogP contribution in [-0.4, -0.2) is 60.9 Å². The predicted octanol–water partition coefficient (Wildman–Crippen LogP) is 6.10. The van der Waals surface area contributed by atoms with Crippen molar-refractivity contribution >= 4 is 5.94 Å². The van der Waals surface area contributed by atoms with Gasteiger partial charge in [-0.05, 0) is 80.3 Å². The molecule has 4 aromatic rings. The minimum absolute atomic E-state index is 0.0553. The summed E-state index contributed by atoms with van der Waals surface area (Å²) in [5, 5.41) is 0. The van der Waals surface area contributed by atoms with Crippen molar-refractivity contribution < 1.29 is 4.79 Å². The van der Waals surface area contributed by atoms with Crippen molar-refractivity contribution in [2.24, 2.45) is 0 Å². The molecule has 2 unspecified atom stereocenters. The van der Waals surface area contributed by atoms with Crippen molar-refractivity contribution in [3.8, 4) is 33.6 Å². The highest BCUT2D eigenvalue weighted by Gasteiger charge is 2.46. The van der Waals surface area contributed by atoms with E-state index in [1.165, 1.54) is 11.1 Å². The van der Waals surface area contributed by atoms with Crippen LogP contribution in [0, 0.1) is 0 Å². The zero-order chi connectivity index (χ0) is 26.6. The third-order valence-corrected chi connectivity index (χ3v) is 9.72. The van der Waals surface area contributed by atoms with E-state index in [1.54, 1.807) is 0 Å². The first-order valence-corrected chi connectivity index (χ1v) is 14.8. The number of H-pyrrole nitrogens is 2. The molecule has 40 heavy (non-hydrogen) atoms. The van der Waals surface area contributed by atoms with Crippen molar-refractivity contribution in [2.45, 2.75) is 69.1 Å². The van der Waals surface area contributed by atoms with Gasteiger partial charge in [0.2, 0.25) is 0 Å². The van der Waals surface area contributed by atoms with Crippen LogP contribution < -0.4 is 0 Å². The zero-order valence-electron chi connectivity index (χ0n) is 22.6. The smallest absolute Gasteiger partial charge is 0.125 e. The molecule has 2 N–H and O–H groups in total. The highest BCUT2D eigenvalue weighted by molar-refractivity contribution is 5.71. The van der Waals surface area contributed by atoms with Crippen LogP contribution in [0.15, 0.2) is 66.5 Å². The maximum absolute atomic E-state index is 12.4. The fourth-order valence-corrected chi connectivity index (χ4v) is 7.80. The van der Waals surface area contributed by atoms with Crippen LogP contribution in [0.5, 0.6) is 0 Å². The predicted molar refractivity (Wildman–Crippen MR) is 155 cm³/mol. The summed E-state index contributed by atoms with van der Waals surface area (Å²) in [5.41, 5.74) is 7.68. The van der Waals surface area contributed by atoms with E-state index in [0.29, 0.717) is 0 Å². The van der Waals surface area contributed by atoms with E-state index in [2.05, 4.69) is 74.2 Å². The Morgan fingerprint density at radius 3 is 1.77 bits per heavy atom. The molecule has 202 valence electrons. The fourth-order valence-electron chi connectivity index (χ4n) is 7.80. The average Bonchev–Trinajstić information content (AvgIpc) is 3.82. The van der Waals surface area contributed by atoms with Crippen molar-refractivity contribution in [1.82, 2.24) is 29.7 Å². The van der Waals surface area contributed by atoms with E-state index in [0.717, 1.165) is 97.8 Å². The van der Waals surface area contributed by atoms with Gasteiger partial charge < -0.3 is 9.97 Å². The number of imidazole rings is 2. The summed E-state index contributed by atoms with van der Waals surface area (Å²) in [6.07, 6.45) is 11.3. The molecule has 2 saturated heterocycles. The molecule has 7 heterocycles. The minimum Gasteiger partial charge on any atom is -0.341 e. The minimum atomic E-state index is 0.0553. The summed E-state index contributed by atoms with van der Waals surface area (Å²) in [6, 6.07) is 18.2. The maximum Gasteiger partial charge on any atom is 0.125 e. The lowest BCUT2D eigenvalue weighted by Crippen LogP contribution is -2.54. The number of hydrogen-bond donors (Lipinski definition) is 2. The number of aromatic nitrogens is 4. The number of fused-ring (bicyclic) bond motifs is 2. The molecule has 10 rings (SSSR count). The van der Waals surface area contributed by atoms with Crippen LogP contribution >= 0.6 is 0 Å². The van der Waals surface area contributed by atoms with Crippen LogP contribution in [0.2, 0.25) is 0 Å². The van der Waals surface area contributed by atoms with E-state index in [1.807, 2.05) is 12.4 Å². The van der Waals surface area contributed by atoms with Gasteiger partial charge in [0.05, 0.1) is 41.9 Å². The topological polar surface area (TPSA) is 80.9 Å². The second-order valence-corrected chi connectivity index (χ2v) is 11.8. The Kier molecular flexibility index (Phi) is 5.84. The van der Waals surface area contributed by atoms with Crippen molar-refractivity contribution in [2.75, 3.05) is 13.1 Å². The van der Waals surface area contributed by atoms with Crippen LogP contribution in [0.3, 0.4) is 0 Å². The number of hydrogen-bond acceptors (Lipinski definition) is 5. The van der Waals surface area contributed by atoms with Crippen molar-refractivity contribution in [3.63, 3.8) is 0 Å². The molecule has 0 amide bonds. The van der Waals surface area contributed by atoms with Gasteiger partial charge in [-0.3, -0.25) is 9.80 Å². The highest BCUT2D eigenvalue weighted by atomic mass is 16.1. The van der Waals surface area contributed by atoms with Gasteiger partial charge in [-0.1, -0.05) is 48.5 Å². The molecule has 7 nitrogen and oxygen atoms in total. The van der Waals surface area contributed by atoms with Gasteiger partial charge >= 0.3 is 0 Å². The lowest BCUT2D eigenvalue weighted by atomic mass is 9.83. The number of benzene rings is 2. The van der Waals surface area contributed by atoms with E-state index < -0.39 is 0 Å². The Balaban J connectivity index is 1.27. The van der Waals surface area contributed by atoms with Crippen LogP contribution in [0.1, 0.15) is 68.7 Å². The van der Waals surface area contributed by atoms with E-state index in [9.17, 15) is 4.79 Å². The summed E-state index contributed by atoms with van der Waals surface area (Å²) in [5.74, 6) is 4.46. The maximum atomic E-state index is 12.4. The molecular formula is C33H34N6O. The second-order valence-electron chi connectivity index (χ2n) is 11.8. The molecule has 3 fully saturated rings. The average molecular weight is 531 g/mol. The van der Waals surface area contributed by atoms with Gasteiger partial charge in [0.25, 0.3) is 0 Å². The summed E-state index contributed by atoms with van der Waals surface area (Å²) in [7, 11) is 0. The van der Waals surface area contributed by atoms with E-state index in [-0.39, 0.29) is 24.2 Å². The lowest BCUT2D eigenvalue weighted by molar-refractivity contribution is 0.0568. The molecule has 1 saturated carbocycles. The standard InChI is InChI=1S/C33H34N6O/c40-20-25-4-1-5-28-31(25)39-17-3-7-30(39)33-35-19-27(37-33)24-14-10-22(11-15-24)21-8-12-23(13-9-21)26-18-34-32(36-26)29-6-2-16-38(28)29/h8-15,18-19,28-31H,1-7,16-17H2,(H,34,36)(H,35,37)/t28?,29-,30-,31?/m0/s1. The van der Waals surface area contributed by atoms with Crippen LogP contribution in [0.25, 0.3) is 33.6 Å². The Bertz CT molecular complexity index is 1580. The molecule has 1 aliphatic carbocycles. The third-order valence-electron chi connectivity index (χ3n) is 9.72. The van der Waals surface area contributed by atoms with Gasteiger partial charge in [-0.25, -0.2) is 14.8 Å². The molecule has 0 radical (unpaired) electrons. The number of carbonyl (C=O) groups excluding carboxylic acids is 1.